The van der Waals surface area contributed by atoms with Gasteiger partial charge in [-0.1, -0.05) is 19.1 Å². The zero-order valence-corrected chi connectivity index (χ0v) is 10.3. The van der Waals surface area contributed by atoms with Crippen LogP contribution in [0.25, 0.3) is 0 Å². The predicted octanol–water partition coefficient (Wildman–Crippen LogP) is 1.36. The van der Waals surface area contributed by atoms with Gasteiger partial charge in [-0.2, -0.15) is 0 Å². The molecule has 1 N–H and O–H groups in total. The molecule has 0 saturated heterocycles. The highest BCUT2D eigenvalue weighted by Gasteiger charge is 2.01. The Morgan fingerprint density at radius 1 is 1.29 bits per heavy atom. The zero-order chi connectivity index (χ0) is 12.3. The van der Waals surface area contributed by atoms with E-state index in [4.69, 9.17) is 14.6 Å². The van der Waals surface area contributed by atoms with Gasteiger partial charge in [-0.3, -0.25) is 4.99 Å². The number of aliphatic hydroxyl groups is 1. The van der Waals surface area contributed by atoms with Crippen molar-refractivity contribution in [1.29, 1.82) is 0 Å². The topological polar surface area (TPSA) is 51.0 Å². The minimum Gasteiger partial charge on any atom is -0.394 e. The van der Waals surface area contributed by atoms with Crippen molar-refractivity contribution < 1.29 is 14.6 Å². The molecular formula is C13H21NO3. The van der Waals surface area contributed by atoms with Crippen LogP contribution in [0.1, 0.15) is 13.3 Å². The van der Waals surface area contributed by atoms with Crippen LogP contribution in [0.2, 0.25) is 0 Å². The number of rotatable bonds is 8. The van der Waals surface area contributed by atoms with Gasteiger partial charge in [0.1, 0.15) is 0 Å². The normalized spacial score (nSPS) is 19.2. The second kappa shape index (κ2) is 9.10. The van der Waals surface area contributed by atoms with Crippen LogP contribution in [-0.4, -0.2) is 50.4 Å². The summed E-state index contributed by atoms with van der Waals surface area (Å²) in [6, 6.07) is 0.289. The lowest BCUT2D eigenvalue weighted by molar-refractivity contribution is 0.0400. The van der Waals surface area contributed by atoms with Crippen LogP contribution < -0.4 is 0 Å². The first-order valence-corrected chi connectivity index (χ1v) is 6.03. The maximum absolute atomic E-state index is 8.51. The molecule has 0 radical (unpaired) electrons. The number of hydrogen-bond donors (Lipinski definition) is 1. The fourth-order valence-electron chi connectivity index (χ4n) is 1.40. The second-order valence-electron chi connectivity index (χ2n) is 3.76. The van der Waals surface area contributed by atoms with Crippen molar-refractivity contribution in [2.24, 2.45) is 4.99 Å². The van der Waals surface area contributed by atoms with Crippen molar-refractivity contribution in [2.75, 3.05) is 33.0 Å². The van der Waals surface area contributed by atoms with E-state index in [2.05, 4.69) is 24.1 Å². The predicted molar refractivity (Wildman–Crippen MR) is 68.5 cm³/mol. The van der Waals surface area contributed by atoms with Gasteiger partial charge in [-0.25, -0.2) is 0 Å². The van der Waals surface area contributed by atoms with E-state index in [0.717, 1.165) is 12.0 Å². The van der Waals surface area contributed by atoms with E-state index in [1.54, 1.807) is 0 Å². The highest BCUT2D eigenvalue weighted by Crippen LogP contribution is 2.07. The summed E-state index contributed by atoms with van der Waals surface area (Å²) in [6.45, 7) is 4.18. The first kappa shape index (κ1) is 14.1. The second-order valence-corrected chi connectivity index (χ2v) is 3.76. The third-order valence-corrected chi connectivity index (χ3v) is 2.39. The van der Waals surface area contributed by atoms with Crippen molar-refractivity contribution >= 4 is 6.21 Å². The largest absolute Gasteiger partial charge is 0.394 e. The lowest BCUT2D eigenvalue weighted by atomic mass is 10.2. The molecule has 17 heavy (non-hydrogen) atoms. The molecule has 0 aromatic carbocycles. The Morgan fingerprint density at radius 2 is 2.12 bits per heavy atom. The Hall–Kier alpha value is -0.970. The van der Waals surface area contributed by atoms with Crippen LogP contribution in [0.4, 0.5) is 0 Å². The van der Waals surface area contributed by atoms with Crippen LogP contribution in [0.3, 0.4) is 0 Å². The van der Waals surface area contributed by atoms with Gasteiger partial charge in [0.15, 0.2) is 0 Å². The van der Waals surface area contributed by atoms with Crippen LogP contribution in [0.15, 0.2) is 28.8 Å². The van der Waals surface area contributed by atoms with Crippen LogP contribution in [-0.2, 0) is 9.47 Å². The number of aliphatic hydroxyl groups excluding tert-OH is 1. The molecule has 1 unspecified atom stereocenters. The fourth-order valence-corrected chi connectivity index (χ4v) is 1.40. The van der Waals surface area contributed by atoms with Crippen molar-refractivity contribution in [2.45, 2.75) is 19.4 Å². The molecule has 1 rings (SSSR count). The highest BCUT2D eigenvalue weighted by molar-refractivity contribution is 5.74. The molecule has 4 heteroatoms. The van der Waals surface area contributed by atoms with E-state index in [1.165, 1.54) is 0 Å². The van der Waals surface area contributed by atoms with E-state index in [-0.39, 0.29) is 12.6 Å². The number of ether oxygens (including phenoxy) is 2. The molecule has 1 heterocycles. The molecule has 0 saturated carbocycles. The summed E-state index contributed by atoms with van der Waals surface area (Å²) in [6.07, 6.45) is 9.00. The third kappa shape index (κ3) is 6.36. The molecule has 0 aliphatic carbocycles. The Bertz CT molecular complexity index is 284. The summed E-state index contributed by atoms with van der Waals surface area (Å²) in [5.41, 5.74) is 1.12. The summed E-state index contributed by atoms with van der Waals surface area (Å²) >= 11 is 0. The van der Waals surface area contributed by atoms with Crippen LogP contribution >= 0.6 is 0 Å². The van der Waals surface area contributed by atoms with Crippen molar-refractivity contribution in [3.63, 3.8) is 0 Å². The van der Waals surface area contributed by atoms with Gasteiger partial charge >= 0.3 is 0 Å². The monoisotopic (exact) mass is 239 g/mol. The molecule has 0 aromatic heterocycles. The summed E-state index contributed by atoms with van der Waals surface area (Å²) < 4.78 is 10.5. The third-order valence-electron chi connectivity index (χ3n) is 2.39. The molecule has 96 valence electrons. The molecule has 1 aliphatic heterocycles. The van der Waals surface area contributed by atoms with Gasteiger partial charge in [-0.05, 0) is 18.1 Å². The Morgan fingerprint density at radius 3 is 2.88 bits per heavy atom. The Labute approximate surface area is 103 Å². The van der Waals surface area contributed by atoms with E-state index in [1.807, 2.05) is 12.3 Å². The van der Waals surface area contributed by atoms with E-state index >= 15 is 0 Å². The zero-order valence-electron chi connectivity index (χ0n) is 10.3. The van der Waals surface area contributed by atoms with Gasteiger partial charge in [0.05, 0.1) is 39.1 Å². The number of aliphatic imine (C=N–C) groups is 1. The molecule has 0 fully saturated rings. The van der Waals surface area contributed by atoms with Crippen molar-refractivity contribution in [3.05, 3.63) is 23.8 Å². The molecule has 0 aromatic rings. The van der Waals surface area contributed by atoms with Crippen LogP contribution in [0, 0.1) is 0 Å². The molecule has 0 bridgehead atoms. The average molecular weight is 239 g/mol. The summed E-state index contributed by atoms with van der Waals surface area (Å²) in [4.78, 5) is 4.36. The van der Waals surface area contributed by atoms with Gasteiger partial charge in [0.2, 0.25) is 0 Å². The summed E-state index contributed by atoms with van der Waals surface area (Å²) in [5.74, 6) is 0. The van der Waals surface area contributed by atoms with Crippen molar-refractivity contribution in [1.82, 2.24) is 0 Å². The van der Waals surface area contributed by atoms with Crippen molar-refractivity contribution in [3.8, 4) is 0 Å². The van der Waals surface area contributed by atoms with Gasteiger partial charge in [0, 0.05) is 6.21 Å². The lowest BCUT2D eigenvalue weighted by Gasteiger charge is -2.05. The molecular weight excluding hydrogens is 218 g/mol. The number of hydrogen-bond acceptors (Lipinski definition) is 4. The minimum atomic E-state index is 0.0583. The Kier molecular flexibility index (Phi) is 7.54. The van der Waals surface area contributed by atoms with Gasteiger partial charge in [0.25, 0.3) is 0 Å². The average Bonchev–Trinajstić information content (AvgIpc) is 2.59. The minimum absolute atomic E-state index is 0.0583. The molecule has 1 aliphatic rings. The van der Waals surface area contributed by atoms with Gasteiger partial charge in [-0.15, -0.1) is 0 Å². The maximum atomic E-state index is 8.51. The number of nitrogens with zero attached hydrogens (tertiary/aromatic N) is 1. The van der Waals surface area contributed by atoms with Crippen LogP contribution in [0.5, 0.6) is 0 Å². The molecule has 1 atom stereocenters. The Balaban J connectivity index is 2.15. The van der Waals surface area contributed by atoms with E-state index in [9.17, 15) is 0 Å². The molecule has 0 amide bonds. The maximum Gasteiger partial charge on any atom is 0.0718 e. The smallest absolute Gasteiger partial charge is 0.0718 e. The highest BCUT2D eigenvalue weighted by atomic mass is 16.5. The van der Waals surface area contributed by atoms with E-state index < -0.39 is 0 Å². The lowest BCUT2D eigenvalue weighted by Crippen LogP contribution is -2.08. The van der Waals surface area contributed by atoms with E-state index in [0.29, 0.717) is 26.4 Å². The molecule has 4 nitrogen and oxygen atoms in total. The quantitative estimate of drug-likeness (QED) is 0.651. The standard InChI is InChI=1S/C13H21NO3/c1-2-13-4-3-12(5-6-14-13)11-17-10-9-16-8-7-15/h3-6,13,15H,2,7-11H2,1H3. The molecule has 0 spiro atoms. The fraction of sp³-hybridized carbons (Fsp3) is 0.615. The number of allylic oxidation sites excluding steroid dienone is 1. The summed E-state index contributed by atoms with van der Waals surface area (Å²) in [5, 5.41) is 8.51. The summed E-state index contributed by atoms with van der Waals surface area (Å²) in [7, 11) is 0. The first-order valence-electron chi connectivity index (χ1n) is 6.03. The van der Waals surface area contributed by atoms with Gasteiger partial charge < -0.3 is 14.6 Å². The first-order chi connectivity index (χ1) is 8.36. The SMILES string of the molecule is CCC1C=CC(COCCOCCO)=CC=N1.